The van der Waals surface area contributed by atoms with Gasteiger partial charge in [0, 0.05) is 31.1 Å². The van der Waals surface area contributed by atoms with Crippen LogP contribution in [0.2, 0.25) is 0 Å². The number of nitrogens with zero attached hydrogens (tertiary/aromatic N) is 1. The van der Waals surface area contributed by atoms with Gasteiger partial charge in [0.1, 0.15) is 17.1 Å². The zero-order chi connectivity index (χ0) is 20.6. The fourth-order valence-corrected chi connectivity index (χ4v) is 3.67. The lowest BCUT2D eigenvalue weighted by molar-refractivity contribution is -0.121. The molecular formula is C21H37IN4O3. The molecular weight excluding hydrogens is 483 g/mol. The van der Waals surface area contributed by atoms with Gasteiger partial charge in [0.25, 0.3) is 0 Å². The molecule has 0 radical (unpaired) electrons. The van der Waals surface area contributed by atoms with Gasteiger partial charge < -0.3 is 25.5 Å². The van der Waals surface area contributed by atoms with Crippen LogP contribution in [0.25, 0.3) is 0 Å². The molecule has 2 rings (SSSR count). The van der Waals surface area contributed by atoms with Crippen LogP contribution < -0.4 is 16.0 Å². The van der Waals surface area contributed by atoms with Crippen molar-refractivity contribution in [2.75, 3.05) is 19.6 Å². The number of carbonyl (C=O) groups excluding carboxylic acids is 1. The van der Waals surface area contributed by atoms with Gasteiger partial charge in [0.05, 0.1) is 6.54 Å². The minimum absolute atomic E-state index is 0. The van der Waals surface area contributed by atoms with Crippen molar-refractivity contribution in [2.45, 2.75) is 77.9 Å². The predicted octanol–water partition coefficient (Wildman–Crippen LogP) is 3.12. The van der Waals surface area contributed by atoms with Gasteiger partial charge in [-0.05, 0) is 46.6 Å². The number of halogens is 1. The van der Waals surface area contributed by atoms with E-state index in [2.05, 4.69) is 20.9 Å². The van der Waals surface area contributed by atoms with Gasteiger partial charge in [0.15, 0.2) is 5.96 Å². The van der Waals surface area contributed by atoms with Gasteiger partial charge >= 0.3 is 0 Å². The fraction of sp³-hybridized carbons (Fsp3) is 0.714. The molecule has 1 amide bonds. The quantitative estimate of drug-likeness (QED) is 0.240. The zero-order valence-electron chi connectivity index (χ0n) is 18.1. The van der Waals surface area contributed by atoms with E-state index in [1.54, 1.807) is 6.92 Å². The van der Waals surface area contributed by atoms with Crippen LogP contribution in [-0.4, -0.2) is 42.6 Å². The summed E-state index contributed by atoms with van der Waals surface area (Å²) in [5.41, 5.74) is -0.376. The molecule has 0 bridgehead atoms. The SMILES string of the molecule is CCNC(=NCC(C)(O)c1cc(C)oc1C)NCCC(=O)NC1CCCCC1.I. The molecule has 1 aliphatic rings. The molecule has 0 saturated heterocycles. The molecule has 1 aromatic heterocycles. The molecule has 0 aromatic carbocycles. The number of carbonyl (C=O) groups is 1. The summed E-state index contributed by atoms with van der Waals surface area (Å²) in [6, 6.07) is 2.18. The van der Waals surface area contributed by atoms with Crippen molar-refractivity contribution in [2.24, 2.45) is 4.99 Å². The molecule has 1 atom stereocenters. The molecule has 8 heteroatoms. The largest absolute Gasteiger partial charge is 0.466 e. The van der Waals surface area contributed by atoms with Gasteiger partial charge in [-0.25, -0.2) is 4.99 Å². The van der Waals surface area contributed by atoms with Crippen LogP contribution in [0.3, 0.4) is 0 Å². The number of rotatable bonds is 8. The first-order valence-electron chi connectivity index (χ1n) is 10.4. The molecule has 1 heterocycles. The minimum Gasteiger partial charge on any atom is -0.466 e. The molecule has 1 unspecified atom stereocenters. The summed E-state index contributed by atoms with van der Waals surface area (Å²) in [6.07, 6.45) is 6.26. The minimum atomic E-state index is -1.12. The smallest absolute Gasteiger partial charge is 0.221 e. The summed E-state index contributed by atoms with van der Waals surface area (Å²) in [4.78, 5) is 16.6. The van der Waals surface area contributed by atoms with Crippen molar-refractivity contribution in [3.05, 3.63) is 23.2 Å². The van der Waals surface area contributed by atoms with Gasteiger partial charge in [-0.1, -0.05) is 19.3 Å². The molecule has 1 saturated carbocycles. The maximum Gasteiger partial charge on any atom is 0.221 e. The van der Waals surface area contributed by atoms with Crippen LogP contribution in [0.4, 0.5) is 0 Å². The molecule has 0 spiro atoms. The molecule has 1 fully saturated rings. The second-order valence-electron chi connectivity index (χ2n) is 7.88. The van der Waals surface area contributed by atoms with Gasteiger partial charge in [-0.15, -0.1) is 24.0 Å². The van der Waals surface area contributed by atoms with Gasteiger partial charge in [0.2, 0.25) is 5.91 Å². The third kappa shape index (κ3) is 8.54. The Bertz CT molecular complexity index is 667. The second-order valence-corrected chi connectivity index (χ2v) is 7.88. The van der Waals surface area contributed by atoms with Crippen LogP contribution in [0.15, 0.2) is 15.5 Å². The molecule has 29 heavy (non-hydrogen) atoms. The van der Waals surface area contributed by atoms with Crippen molar-refractivity contribution >= 4 is 35.8 Å². The summed E-state index contributed by atoms with van der Waals surface area (Å²) in [7, 11) is 0. The maximum absolute atomic E-state index is 12.1. The van der Waals surface area contributed by atoms with E-state index >= 15 is 0 Å². The summed E-state index contributed by atoms with van der Waals surface area (Å²) in [5.74, 6) is 2.14. The number of hydrogen-bond acceptors (Lipinski definition) is 4. The monoisotopic (exact) mass is 520 g/mol. The lowest BCUT2D eigenvalue weighted by Gasteiger charge is -2.23. The third-order valence-corrected chi connectivity index (χ3v) is 5.13. The Labute approximate surface area is 191 Å². The fourth-order valence-electron chi connectivity index (χ4n) is 3.67. The summed E-state index contributed by atoms with van der Waals surface area (Å²) >= 11 is 0. The summed E-state index contributed by atoms with van der Waals surface area (Å²) < 4.78 is 5.52. The van der Waals surface area contributed by atoms with Gasteiger partial charge in [-0.3, -0.25) is 4.79 Å². The Morgan fingerprint density at radius 3 is 2.55 bits per heavy atom. The first-order valence-corrected chi connectivity index (χ1v) is 10.4. The number of furan rings is 1. The van der Waals surface area contributed by atoms with E-state index < -0.39 is 5.60 Å². The molecule has 4 N–H and O–H groups in total. The Balaban J connectivity index is 0.00000420. The Kier molecular flexibility index (Phi) is 11.0. The van der Waals surface area contributed by atoms with E-state index in [9.17, 15) is 9.90 Å². The average Bonchev–Trinajstić information content (AvgIpc) is 3.00. The van der Waals surface area contributed by atoms with Crippen LogP contribution in [-0.2, 0) is 10.4 Å². The van der Waals surface area contributed by atoms with Crippen LogP contribution >= 0.6 is 24.0 Å². The number of amides is 1. The van der Waals surface area contributed by atoms with Crippen molar-refractivity contribution in [1.29, 1.82) is 0 Å². The highest BCUT2D eigenvalue weighted by Gasteiger charge is 2.27. The number of nitrogens with one attached hydrogen (secondary N) is 3. The Hall–Kier alpha value is -1.29. The number of guanidine groups is 1. The zero-order valence-corrected chi connectivity index (χ0v) is 20.5. The number of hydrogen-bond donors (Lipinski definition) is 4. The number of aliphatic imine (C=N–C) groups is 1. The third-order valence-electron chi connectivity index (χ3n) is 5.13. The number of aliphatic hydroxyl groups is 1. The van der Waals surface area contributed by atoms with Crippen LogP contribution in [0.1, 0.15) is 69.5 Å². The van der Waals surface area contributed by atoms with Crippen LogP contribution in [0, 0.1) is 13.8 Å². The van der Waals surface area contributed by atoms with E-state index in [0.29, 0.717) is 37.3 Å². The van der Waals surface area contributed by atoms with Gasteiger partial charge in [-0.2, -0.15) is 0 Å². The molecule has 166 valence electrons. The van der Waals surface area contributed by atoms with E-state index in [-0.39, 0.29) is 36.4 Å². The molecule has 1 aromatic rings. The molecule has 1 aliphatic carbocycles. The topological polar surface area (TPSA) is 98.9 Å². The second kappa shape index (κ2) is 12.4. The Morgan fingerprint density at radius 2 is 1.97 bits per heavy atom. The standard InChI is InChI=1S/C21H36N4O3.HI/c1-5-22-20(23-12-11-19(26)25-17-9-7-6-8-10-17)24-14-21(4,27)18-13-15(2)28-16(18)3;/h13,17,27H,5-12,14H2,1-4H3,(H,25,26)(H2,22,23,24);1H. The van der Waals surface area contributed by atoms with E-state index in [0.717, 1.165) is 24.2 Å². The molecule has 0 aliphatic heterocycles. The normalized spacial score (nSPS) is 17.2. The highest BCUT2D eigenvalue weighted by Crippen LogP contribution is 2.27. The van der Waals surface area contributed by atoms with Crippen LogP contribution in [0.5, 0.6) is 0 Å². The maximum atomic E-state index is 12.1. The summed E-state index contributed by atoms with van der Waals surface area (Å²) in [5, 5.41) is 20.3. The van der Waals surface area contributed by atoms with Crippen molar-refractivity contribution in [1.82, 2.24) is 16.0 Å². The predicted molar refractivity (Wildman–Crippen MR) is 127 cm³/mol. The Morgan fingerprint density at radius 1 is 1.28 bits per heavy atom. The summed E-state index contributed by atoms with van der Waals surface area (Å²) in [6.45, 7) is 8.80. The highest BCUT2D eigenvalue weighted by atomic mass is 127. The first-order chi connectivity index (χ1) is 13.3. The van der Waals surface area contributed by atoms with E-state index in [1.165, 1.54) is 19.3 Å². The molecule has 7 nitrogen and oxygen atoms in total. The lowest BCUT2D eigenvalue weighted by Crippen LogP contribution is -2.42. The van der Waals surface area contributed by atoms with Crippen molar-refractivity contribution in [3.8, 4) is 0 Å². The highest BCUT2D eigenvalue weighted by molar-refractivity contribution is 14.0. The lowest BCUT2D eigenvalue weighted by atomic mass is 9.95. The van der Waals surface area contributed by atoms with E-state index in [4.69, 9.17) is 4.42 Å². The van der Waals surface area contributed by atoms with Crippen molar-refractivity contribution < 1.29 is 14.3 Å². The average molecular weight is 520 g/mol. The first kappa shape index (κ1) is 25.7. The van der Waals surface area contributed by atoms with Crippen molar-refractivity contribution in [3.63, 3.8) is 0 Å². The number of aryl methyl sites for hydroxylation is 2. The van der Waals surface area contributed by atoms with E-state index in [1.807, 2.05) is 26.8 Å².